The van der Waals surface area contributed by atoms with E-state index in [9.17, 15) is 18.0 Å². The summed E-state index contributed by atoms with van der Waals surface area (Å²) >= 11 is 0. The molecule has 1 aromatic rings. The van der Waals surface area contributed by atoms with Crippen LogP contribution in [0.15, 0.2) is 18.2 Å². The van der Waals surface area contributed by atoms with Crippen LogP contribution >= 0.6 is 0 Å². The van der Waals surface area contributed by atoms with Crippen molar-refractivity contribution in [3.63, 3.8) is 0 Å². The number of fused-ring (bicyclic) bond motifs is 1. The molecule has 1 aliphatic rings. The van der Waals surface area contributed by atoms with Crippen molar-refractivity contribution in [2.45, 2.75) is 38.8 Å². The maximum Gasteiger partial charge on any atom is 0.501 e. The van der Waals surface area contributed by atoms with Gasteiger partial charge in [0, 0.05) is 13.5 Å². The van der Waals surface area contributed by atoms with Gasteiger partial charge >= 0.3 is 16.5 Å². The van der Waals surface area contributed by atoms with E-state index in [-0.39, 0.29) is 17.9 Å². The summed E-state index contributed by atoms with van der Waals surface area (Å²) in [5.74, 6) is -0.458. The number of hydroxylamine groups is 2. The molecule has 0 saturated carbocycles. The van der Waals surface area contributed by atoms with E-state index in [1.807, 2.05) is 0 Å². The summed E-state index contributed by atoms with van der Waals surface area (Å²) in [6.07, 6.45) is -0.726. The number of nitrogens with one attached hydrogen (secondary N) is 1. The van der Waals surface area contributed by atoms with Crippen LogP contribution in [-0.2, 0) is 31.2 Å². The molecule has 2 amide bonds. The Morgan fingerprint density at radius 2 is 1.85 bits per heavy atom. The van der Waals surface area contributed by atoms with Crippen molar-refractivity contribution >= 4 is 22.4 Å². The minimum absolute atomic E-state index is 0.0102. The third-order valence-corrected chi connectivity index (χ3v) is 4.17. The van der Waals surface area contributed by atoms with Gasteiger partial charge in [0.2, 0.25) is 0 Å². The zero-order valence-electron chi connectivity index (χ0n) is 15.6. The van der Waals surface area contributed by atoms with Crippen molar-refractivity contribution in [2.75, 3.05) is 14.2 Å². The van der Waals surface area contributed by atoms with Gasteiger partial charge in [-0.2, -0.15) is 0 Å². The molecular weight excluding hydrogens is 380 g/mol. The van der Waals surface area contributed by atoms with E-state index in [2.05, 4.69) is 9.50 Å². The van der Waals surface area contributed by atoms with Crippen LogP contribution in [0.1, 0.15) is 26.3 Å². The highest BCUT2D eigenvalue weighted by molar-refractivity contribution is 7.82. The maximum atomic E-state index is 12.5. The fourth-order valence-electron chi connectivity index (χ4n) is 2.25. The highest BCUT2D eigenvalue weighted by Gasteiger charge is 2.31. The Balaban J connectivity index is 2.19. The smallest absolute Gasteiger partial charge is 0.444 e. The number of nitrogens with zero attached hydrogens (tertiary/aromatic N) is 1. The number of hydrogen-bond acceptors (Lipinski definition) is 8. The minimum Gasteiger partial charge on any atom is -0.444 e. The average Bonchev–Trinajstić information content (AvgIpc) is 2.84. The van der Waals surface area contributed by atoms with E-state index in [4.69, 9.17) is 13.8 Å². The lowest BCUT2D eigenvalue weighted by atomic mass is 10.0. The molecule has 0 unspecified atom stereocenters. The maximum absolute atomic E-state index is 12.5. The van der Waals surface area contributed by atoms with Gasteiger partial charge in [-0.1, -0.05) is 6.07 Å². The number of hydrogen-bond donors (Lipinski definition) is 1. The molecule has 10 nitrogen and oxygen atoms in total. The molecule has 1 atom stereocenters. The summed E-state index contributed by atoms with van der Waals surface area (Å²) < 4.78 is 37.2. The molecule has 11 heteroatoms. The van der Waals surface area contributed by atoms with Gasteiger partial charge in [-0.15, -0.1) is 8.42 Å². The molecule has 0 aromatic heterocycles. The normalized spacial score (nSPS) is 15.7. The zero-order chi connectivity index (χ0) is 20.4. The highest BCUT2D eigenvalue weighted by Crippen LogP contribution is 2.36. The van der Waals surface area contributed by atoms with E-state index < -0.39 is 34.0 Å². The number of benzene rings is 1. The second-order valence-electron chi connectivity index (χ2n) is 6.78. The van der Waals surface area contributed by atoms with E-state index in [0.717, 1.165) is 5.06 Å². The van der Waals surface area contributed by atoms with E-state index in [1.54, 1.807) is 26.8 Å². The predicted molar refractivity (Wildman–Crippen MR) is 93.3 cm³/mol. The van der Waals surface area contributed by atoms with Crippen molar-refractivity contribution in [1.29, 1.82) is 0 Å². The first kappa shape index (κ1) is 20.8. The van der Waals surface area contributed by atoms with Gasteiger partial charge in [0.1, 0.15) is 11.6 Å². The molecule has 2 rings (SSSR count). The lowest BCUT2D eigenvalue weighted by Crippen LogP contribution is -2.49. The molecule has 150 valence electrons. The fourth-order valence-corrected chi connectivity index (χ4v) is 2.99. The Bertz CT molecular complexity index is 831. The first-order valence-electron chi connectivity index (χ1n) is 7.98. The molecule has 0 fully saturated rings. The predicted octanol–water partition coefficient (Wildman–Crippen LogP) is 1.16. The van der Waals surface area contributed by atoms with Gasteiger partial charge in [0.25, 0.3) is 5.91 Å². The molecule has 0 aliphatic carbocycles. The number of rotatable bonds is 5. The molecule has 0 saturated heterocycles. The molecule has 1 N–H and O–H groups in total. The molecule has 1 aromatic carbocycles. The van der Waals surface area contributed by atoms with Crippen LogP contribution in [0.25, 0.3) is 0 Å². The number of amides is 2. The summed E-state index contributed by atoms with van der Waals surface area (Å²) in [6.45, 7) is 5.09. The quantitative estimate of drug-likeness (QED) is 0.729. The number of ether oxygens (including phenoxy) is 1. The summed E-state index contributed by atoms with van der Waals surface area (Å²) in [5.41, 5.74) is -0.203. The first-order valence-corrected chi connectivity index (χ1v) is 9.31. The lowest BCUT2D eigenvalue weighted by molar-refractivity contribution is -0.171. The Morgan fingerprint density at radius 1 is 1.22 bits per heavy atom. The number of likely N-dealkylation sites (N-methyl/N-ethyl adjacent to an activating group) is 1. The van der Waals surface area contributed by atoms with Crippen LogP contribution in [0.5, 0.6) is 11.5 Å². The third kappa shape index (κ3) is 5.73. The van der Waals surface area contributed by atoms with Crippen molar-refractivity contribution in [1.82, 2.24) is 10.4 Å². The SMILES string of the molecule is CON(C)C(=O)[C@H](Cc1ccc2c(c1)OS(=O)(=O)O2)NC(=O)OC(C)(C)C. The monoisotopic (exact) mass is 402 g/mol. The van der Waals surface area contributed by atoms with E-state index in [1.165, 1.54) is 26.3 Å². The van der Waals surface area contributed by atoms with Crippen molar-refractivity contribution in [3.05, 3.63) is 23.8 Å². The Morgan fingerprint density at radius 3 is 2.44 bits per heavy atom. The van der Waals surface area contributed by atoms with E-state index in [0.29, 0.717) is 5.56 Å². The number of carbonyl (C=O) groups excluding carboxylic acids is 2. The van der Waals surface area contributed by atoms with Gasteiger partial charge in [-0.25, -0.2) is 9.86 Å². The van der Waals surface area contributed by atoms with Crippen molar-refractivity contribution in [2.24, 2.45) is 0 Å². The van der Waals surface area contributed by atoms with Crippen LogP contribution in [-0.4, -0.2) is 51.3 Å². The topological polar surface area (TPSA) is 120 Å². The summed E-state index contributed by atoms with van der Waals surface area (Å²) in [7, 11) is -1.39. The zero-order valence-corrected chi connectivity index (χ0v) is 16.5. The fraction of sp³-hybridized carbons (Fsp3) is 0.500. The minimum atomic E-state index is -4.11. The van der Waals surface area contributed by atoms with Crippen molar-refractivity contribution < 1.29 is 35.9 Å². The Hall–Kier alpha value is -2.53. The van der Waals surface area contributed by atoms with Crippen LogP contribution in [0.4, 0.5) is 4.79 Å². The molecule has 0 bridgehead atoms. The molecule has 1 heterocycles. The highest BCUT2D eigenvalue weighted by atomic mass is 32.3. The van der Waals surface area contributed by atoms with E-state index >= 15 is 0 Å². The van der Waals surface area contributed by atoms with Crippen LogP contribution < -0.4 is 13.7 Å². The van der Waals surface area contributed by atoms with Crippen LogP contribution in [0, 0.1) is 0 Å². The summed E-state index contributed by atoms with van der Waals surface area (Å²) in [5, 5.41) is 3.47. The lowest BCUT2D eigenvalue weighted by Gasteiger charge is -2.25. The standard InChI is InChI=1S/C16H22N2O8S/c1-16(2,3)24-15(20)17-11(14(19)18(4)23-5)8-10-6-7-12-13(9-10)26-27(21,22)25-12/h6-7,9,11H,8H2,1-5H3,(H,17,20)/t11-/m0/s1. The molecule has 0 radical (unpaired) electrons. The average molecular weight is 402 g/mol. The molecule has 0 spiro atoms. The summed E-state index contributed by atoms with van der Waals surface area (Å²) in [6, 6.07) is 3.38. The largest absolute Gasteiger partial charge is 0.501 e. The Labute approximate surface area is 157 Å². The van der Waals surface area contributed by atoms with Gasteiger partial charge in [-0.05, 0) is 38.5 Å². The Kier molecular flexibility index (Phi) is 5.85. The second-order valence-corrected chi connectivity index (χ2v) is 7.93. The first-order chi connectivity index (χ1) is 12.4. The molecule has 1 aliphatic heterocycles. The number of carbonyl (C=O) groups is 2. The molecule has 27 heavy (non-hydrogen) atoms. The second kappa shape index (κ2) is 7.61. The molecular formula is C16H22N2O8S. The van der Waals surface area contributed by atoms with Crippen LogP contribution in [0.3, 0.4) is 0 Å². The van der Waals surface area contributed by atoms with Crippen LogP contribution in [0.2, 0.25) is 0 Å². The third-order valence-electron chi connectivity index (χ3n) is 3.40. The van der Waals surface area contributed by atoms with Gasteiger partial charge < -0.3 is 18.4 Å². The van der Waals surface area contributed by atoms with Crippen molar-refractivity contribution in [3.8, 4) is 11.5 Å². The van der Waals surface area contributed by atoms with Gasteiger partial charge in [-0.3, -0.25) is 9.63 Å². The van der Waals surface area contributed by atoms with Gasteiger partial charge in [0.05, 0.1) is 7.11 Å². The number of alkyl carbamates (subject to hydrolysis) is 1. The summed E-state index contributed by atoms with van der Waals surface area (Å²) in [4.78, 5) is 29.5. The van der Waals surface area contributed by atoms with Gasteiger partial charge in [0.15, 0.2) is 11.5 Å².